The number of hydrogen-bond acceptors (Lipinski definition) is 1. The van der Waals surface area contributed by atoms with Gasteiger partial charge in [-0.25, -0.2) is 0 Å². The molecule has 1 N–H and O–H groups in total. The minimum atomic E-state index is 0.0817. The van der Waals surface area contributed by atoms with Crippen LogP contribution in [0.15, 0.2) is 0 Å². The zero-order valence-corrected chi connectivity index (χ0v) is 13.8. The summed E-state index contributed by atoms with van der Waals surface area (Å²) in [6.07, 6.45) is 10.0. The molecule has 1 amide bonds. The van der Waals surface area contributed by atoms with E-state index in [4.69, 9.17) is 11.6 Å². The van der Waals surface area contributed by atoms with Crippen molar-refractivity contribution in [2.24, 2.45) is 5.41 Å². The van der Waals surface area contributed by atoms with Gasteiger partial charge in [-0.2, -0.15) is 0 Å². The Morgan fingerprint density at radius 2 is 1.58 bits per heavy atom. The van der Waals surface area contributed by atoms with Gasteiger partial charge in [-0.15, -0.1) is 11.6 Å². The number of rotatable bonds is 12. The van der Waals surface area contributed by atoms with Crippen LogP contribution in [0.25, 0.3) is 0 Å². The first-order valence-electron chi connectivity index (χ1n) is 7.96. The van der Waals surface area contributed by atoms with Crippen LogP contribution < -0.4 is 5.32 Å². The molecule has 0 spiro atoms. The van der Waals surface area contributed by atoms with E-state index in [9.17, 15) is 4.79 Å². The van der Waals surface area contributed by atoms with Crippen molar-refractivity contribution in [2.45, 2.75) is 78.6 Å². The smallest absolute Gasteiger partial charge is 0.220 e. The number of unbranched alkanes of at least 4 members (excludes halogenated alkanes) is 5. The molecule has 0 atom stereocenters. The molecule has 0 aromatic rings. The highest BCUT2D eigenvalue weighted by Gasteiger charge is 2.25. The molecule has 0 saturated carbocycles. The summed E-state index contributed by atoms with van der Waals surface area (Å²) in [7, 11) is 0. The summed E-state index contributed by atoms with van der Waals surface area (Å²) in [4.78, 5) is 11.8. The van der Waals surface area contributed by atoms with Gasteiger partial charge in [-0.1, -0.05) is 52.9 Å². The molecule has 0 fully saturated rings. The first-order chi connectivity index (χ1) is 9.14. The van der Waals surface area contributed by atoms with Gasteiger partial charge in [0.05, 0.1) is 0 Å². The molecular formula is C16H32ClNO. The Morgan fingerprint density at radius 1 is 1.00 bits per heavy atom. The predicted molar refractivity (Wildman–Crippen MR) is 84.7 cm³/mol. The summed E-state index contributed by atoms with van der Waals surface area (Å²) in [5.41, 5.74) is 0.0817. The molecule has 2 nitrogen and oxygen atoms in total. The van der Waals surface area contributed by atoms with Gasteiger partial charge in [0.15, 0.2) is 0 Å². The van der Waals surface area contributed by atoms with Gasteiger partial charge >= 0.3 is 0 Å². The molecule has 114 valence electrons. The largest absolute Gasteiger partial charge is 0.356 e. The second-order valence-corrected chi connectivity index (χ2v) is 5.90. The molecule has 0 aromatic heterocycles. The average Bonchev–Trinajstić information content (AvgIpc) is 2.45. The molecule has 0 aliphatic rings. The van der Waals surface area contributed by atoms with Crippen molar-refractivity contribution in [2.75, 3.05) is 12.4 Å². The van der Waals surface area contributed by atoms with Crippen molar-refractivity contribution >= 4 is 17.5 Å². The molecule has 0 aliphatic carbocycles. The standard InChI is InChI=1S/C16H32ClNO/c1-4-7-8-9-10-11-12-15(19)18-14-16(5-2,6-3)13-17/h4-14H2,1-3H3,(H,18,19). The summed E-state index contributed by atoms with van der Waals surface area (Å²) in [5.74, 6) is 0.809. The summed E-state index contributed by atoms with van der Waals surface area (Å²) >= 11 is 6.03. The van der Waals surface area contributed by atoms with E-state index in [2.05, 4.69) is 26.1 Å². The Balaban J connectivity index is 3.69. The minimum absolute atomic E-state index is 0.0817. The van der Waals surface area contributed by atoms with Crippen LogP contribution >= 0.6 is 11.6 Å². The lowest BCUT2D eigenvalue weighted by Crippen LogP contribution is -2.38. The second-order valence-electron chi connectivity index (χ2n) is 5.64. The number of alkyl halides is 1. The fraction of sp³-hybridized carbons (Fsp3) is 0.938. The van der Waals surface area contributed by atoms with Gasteiger partial charge in [0.2, 0.25) is 5.91 Å². The number of amides is 1. The molecule has 3 heteroatoms. The Labute approximate surface area is 124 Å². The Bertz CT molecular complexity index is 219. The van der Waals surface area contributed by atoms with Gasteiger partial charge in [-0.3, -0.25) is 4.79 Å². The van der Waals surface area contributed by atoms with Crippen molar-refractivity contribution in [3.05, 3.63) is 0 Å². The molecule has 0 radical (unpaired) electrons. The number of halogens is 1. The van der Waals surface area contributed by atoms with Crippen LogP contribution in [0.5, 0.6) is 0 Å². The molecule has 0 aliphatic heterocycles. The maximum Gasteiger partial charge on any atom is 0.220 e. The highest BCUT2D eigenvalue weighted by Crippen LogP contribution is 2.26. The third-order valence-corrected chi connectivity index (χ3v) is 4.77. The Hall–Kier alpha value is -0.240. The molecule has 19 heavy (non-hydrogen) atoms. The number of carbonyl (C=O) groups is 1. The average molecular weight is 290 g/mol. The number of nitrogens with one attached hydrogen (secondary N) is 1. The summed E-state index contributed by atoms with van der Waals surface area (Å²) in [6, 6.07) is 0. The van der Waals surface area contributed by atoms with Crippen LogP contribution in [0.4, 0.5) is 0 Å². The van der Waals surface area contributed by atoms with Gasteiger partial charge in [0, 0.05) is 24.3 Å². The van der Waals surface area contributed by atoms with E-state index in [1.165, 1.54) is 32.1 Å². The van der Waals surface area contributed by atoms with Crippen LogP contribution in [0.2, 0.25) is 0 Å². The highest BCUT2D eigenvalue weighted by molar-refractivity contribution is 6.18. The predicted octanol–water partition coefficient (Wildman–Crippen LogP) is 4.90. The van der Waals surface area contributed by atoms with Crippen molar-refractivity contribution < 1.29 is 4.79 Å². The fourth-order valence-electron chi connectivity index (χ4n) is 2.18. The minimum Gasteiger partial charge on any atom is -0.356 e. The van der Waals surface area contributed by atoms with Crippen molar-refractivity contribution in [3.8, 4) is 0 Å². The third-order valence-electron chi connectivity index (χ3n) is 4.20. The lowest BCUT2D eigenvalue weighted by atomic mass is 9.84. The van der Waals surface area contributed by atoms with Crippen LogP contribution in [-0.4, -0.2) is 18.3 Å². The van der Waals surface area contributed by atoms with Crippen molar-refractivity contribution in [1.82, 2.24) is 5.32 Å². The lowest BCUT2D eigenvalue weighted by molar-refractivity contribution is -0.121. The van der Waals surface area contributed by atoms with E-state index < -0.39 is 0 Å². The number of hydrogen-bond donors (Lipinski definition) is 1. The zero-order chi connectivity index (χ0) is 14.6. The van der Waals surface area contributed by atoms with Gasteiger partial charge in [-0.05, 0) is 19.3 Å². The molecule has 0 bridgehead atoms. The summed E-state index contributed by atoms with van der Waals surface area (Å²) in [6.45, 7) is 7.23. The van der Waals surface area contributed by atoms with Crippen LogP contribution in [0.3, 0.4) is 0 Å². The van der Waals surface area contributed by atoms with E-state index >= 15 is 0 Å². The molecule has 0 aromatic carbocycles. The van der Waals surface area contributed by atoms with Crippen LogP contribution in [-0.2, 0) is 4.79 Å². The van der Waals surface area contributed by atoms with Gasteiger partial charge in [0.1, 0.15) is 0 Å². The maximum atomic E-state index is 11.8. The Morgan fingerprint density at radius 3 is 2.11 bits per heavy atom. The first-order valence-corrected chi connectivity index (χ1v) is 8.50. The molecule has 0 rings (SSSR count). The first kappa shape index (κ1) is 18.8. The topological polar surface area (TPSA) is 29.1 Å². The molecular weight excluding hydrogens is 258 g/mol. The van der Waals surface area contributed by atoms with Crippen LogP contribution in [0.1, 0.15) is 78.6 Å². The quantitative estimate of drug-likeness (QED) is 0.402. The second kappa shape index (κ2) is 11.6. The molecule has 0 saturated heterocycles. The normalized spacial score (nSPS) is 11.6. The van der Waals surface area contributed by atoms with E-state index in [1.54, 1.807) is 0 Å². The molecule has 0 heterocycles. The van der Waals surface area contributed by atoms with E-state index in [-0.39, 0.29) is 11.3 Å². The van der Waals surface area contributed by atoms with E-state index in [1.807, 2.05) is 0 Å². The van der Waals surface area contributed by atoms with Crippen molar-refractivity contribution in [3.63, 3.8) is 0 Å². The lowest BCUT2D eigenvalue weighted by Gasteiger charge is -2.29. The van der Waals surface area contributed by atoms with Gasteiger partial charge in [0.25, 0.3) is 0 Å². The van der Waals surface area contributed by atoms with Crippen molar-refractivity contribution in [1.29, 1.82) is 0 Å². The third kappa shape index (κ3) is 8.52. The van der Waals surface area contributed by atoms with E-state index in [0.29, 0.717) is 12.3 Å². The highest BCUT2D eigenvalue weighted by atomic mass is 35.5. The zero-order valence-electron chi connectivity index (χ0n) is 13.1. The molecule has 0 unspecified atom stereocenters. The SMILES string of the molecule is CCCCCCCCC(=O)NCC(CC)(CC)CCl. The number of carbonyl (C=O) groups excluding carboxylic acids is 1. The fourth-order valence-corrected chi connectivity index (χ4v) is 2.65. The Kier molecular flexibility index (Phi) is 11.4. The van der Waals surface area contributed by atoms with Gasteiger partial charge < -0.3 is 5.32 Å². The maximum absolute atomic E-state index is 11.8. The van der Waals surface area contributed by atoms with Crippen LogP contribution in [0, 0.1) is 5.41 Å². The summed E-state index contributed by atoms with van der Waals surface area (Å²) in [5, 5.41) is 3.06. The summed E-state index contributed by atoms with van der Waals surface area (Å²) < 4.78 is 0. The van der Waals surface area contributed by atoms with E-state index in [0.717, 1.165) is 25.8 Å². The monoisotopic (exact) mass is 289 g/mol.